The number of nitrogens with zero attached hydrogens (tertiary/aromatic N) is 3. The highest BCUT2D eigenvalue weighted by molar-refractivity contribution is 5.83. The molecular weight excluding hydrogens is 338 g/mol. The maximum atomic E-state index is 13.1. The largest absolute Gasteiger partial charge is 0.329 e. The summed E-state index contributed by atoms with van der Waals surface area (Å²) in [5.41, 5.74) is 1.82. The number of carbonyl (C=O) groups is 1. The lowest BCUT2D eigenvalue weighted by molar-refractivity contribution is -0.124. The minimum atomic E-state index is -0.0302. The SMILES string of the molecule is O=C(Cn1c(=O)n(CCN2CCCCC2)c2ccccc21)C1CCCCC1. The molecule has 0 N–H and O–H groups in total. The van der Waals surface area contributed by atoms with Gasteiger partial charge in [-0.1, -0.05) is 37.8 Å². The van der Waals surface area contributed by atoms with E-state index in [9.17, 15) is 9.59 Å². The number of hydrogen-bond donors (Lipinski definition) is 0. The van der Waals surface area contributed by atoms with Crippen molar-refractivity contribution in [3.8, 4) is 0 Å². The van der Waals surface area contributed by atoms with E-state index in [1.165, 1.54) is 25.7 Å². The summed E-state index contributed by atoms with van der Waals surface area (Å²) in [5, 5.41) is 0. The van der Waals surface area contributed by atoms with Gasteiger partial charge in [0.15, 0.2) is 5.78 Å². The normalized spacial score (nSPS) is 19.6. The predicted octanol–water partition coefficient (Wildman–Crippen LogP) is 3.44. The van der Waals surface area contributed by atoms with E-state index < -0.39 is 0 Å². The van der Waals surface area contributed by atoms with Gasteiger partial charge in [-0.05, 0) is 50.9 Å². The van der Waals surface area contributed by atoms with Gasteiger partial charge in [0.25, 0.3) is 0 Å². The van der Waals surface area contributed by atoms with Crippen LogP contribution in [0.4, 0.5) is 0 Å². The lowest BCUT2D eigenvalue weighted by Gasteiger charge is -2.26. The highest BCUT2D eigenvalue weighted by Crippen LogP contribution is 2.25. The first kappa shape index (κ1) is 18.5. The maximum absolute atomic E-state index is 13.1. The monoisotopic (exact) mass is 369 g/mol. The zero-order valence-electron chi connectivity index (χ0n) is 16.2. The first-order valence-electron chi connectivity index (χ1n) is 10.7. The summed E-state index contributed by atoms with van der Waals surface area (Å²) in [4.78, 5) is 28.4. The van der Waals surface area contributed by atoms with Crippen LogP contribution in [0.5, 0.6) is 0 Å². The number of benzene rings is 1. The first-order chi connectivity index (χ1) is 13.2. The van der Waals surface area contributed by atoms with Gasteiger partial charge >= 0.3 is 5.69 Å². The molecule has 1 aliphatic heterocycles. The van der Waals surface area contributed by atoms with Gasteiger partial charge in [-0.2, -0.15) is 0 Å². The molecular formula is C22H31N3O2. The van der Waals surface area contributed by atoms with Gasteiger partial charge in [0.2, 0.25) is 0 Å². The van der Waals surface area contributed by atoms with Crippen molar-refractivity contribution >= 4 is 16.8 Å². The molecule has 5 nitrogen and oxygen atoms in total. The summed E-state index contributed by atoms with van der Waals surface area (Å²) in [7, 11) is 0. The van der Waals surface area contributed by atoms with Crippen molar-refractivity contribution in [3.05, 3.63) is 34.7 Å². The standard InChI is InChI=1S/C22H31N3O2/c26-21(18-9-3-1-4-10-18)17-25-20-12-6-5-11-19(20)24(22(25)27)16-15-23-13-7-2-8-14-23/h5-6,11-12,18H,1-4,7-10,13-17H2. The molecule has 1 saturated heterocycles. The van der Waals surface area contributed by atoms with Crippen molar-refractivity contribution in [1.29, 1.82) is 0 Å². The molecule has 0 bridgehead atoms. The van der Waals surface area contributed by atoms with Crippen LogP contribution in [0.2, 0.25) is 0 Å². The zero-order valence-corrected chi connectivity index (χ0v) is 16.2. The van der Waals surface area contributed by atoms with E-state index in [2.05, 4.69) is 4.90 Å². The predicted molar refractivity (Wildman–Crippen MR) is 108 cm³/mol. The minimum absolute atomic E-state index is 0.0302. The van der Waals surface area contributed by atoms with E-state index in [0.717, 1.165) is 56.4 Å². The Hall–Kier alpha value is -1.88. The zero-order chi connectivity index (χ0) is 18.6. The number of imidazole rings is 1. The molecule has 146 valence electrons. The summed E-state index contributed by atoms with van der Waals surface area (Å²) in [5.74, 6) is 0.372. The molecule has 1 aromatic heterocycles. The van der Waals surface area contributed by atoms with Gasteiger partial charge in [0.05, 0.1) is 17.6 Å². The second kappa shape index (κ2) is 8.42. The fourth-order valence-electron chi connectivity index (χ4n) is 4.78. The molecule has 0 unspecified atom stereocenters. The van der Waals surface area contributed by atoms with E-state index in [0.29, 0.717) is 6.54 Å². The highest BCUT2D eigenvalue weighted by Gasteiger charge is 2.23. The van der Waals surface area contributed by atoms with Gasteiger partial charge in [-0.3, -0.25) is 13.9 Å². The Morgan fingerprint density at radius 3 is 2.19 bits per heavy atom. The molecule has 1 saturated carbocycles. The number of likely N-dealkylation sites (tertiary alicyclic amines) is 1. The van der Waals surface area contributed by atoms with E-state index in [1.54, 1.807) is 4.57 Å². The summed E-state index contributed by atoms with van der Waals surface area (Å²) < 4.78 is 3.58. The minimum Gasteiger partial charge on any atom is -0.302 e. The number of Topliss-reactive ketones (excluding diaryl/α,β-unsaturated/α-hetero) is 1. The number of carbonyl (C=O) groups excluding carboxylic acids is 1. The molecule has 2 fully saturated rings. The average molecular weight is 370 g/mol. The number of aromatic nitrogens is 2. The second-order valence-electron chi connectivity index (χ2n) is 8.21. The topological polar surface area (TPSA) is 47.2 Å². The Morgan fingerprint density at radius 1 is 0.852 bits per heavy atom. The number of piperidine rings is 1. The van der Waals surface area contributed by atoms with Crippen molar-refractivity contribution in [1.82, 2.24) is 14.0 Å². The molecule has 0 spiro atoms. The summed E-state index contributed by atoms with van der Waals surface area (Å²) in [6.45, 7) is 4.09. The van der Waals surface area contributed by atoms with E-state index in [-0.39, 0.29) is 23.9 Å². The number of ketones is 1. The molecule has 2 aromatic rings. The molecule has 1 aliphatic carbocycles. The third kappa shape index (κ3) is 4.03. The van der Waals surface area contributed by atoms with Gasteiger partial charge in [0.1, 0.15) is 0 Å². The molecule has 27 heavy (non-hydrogen) atoms. The number of fused-ring (bicyclic) bond motifs is 1. The van der Waals surface area contributed by atoms with Gasteiger partial charge in [-0.25, -0.2) is 4.79 Å². The molecule has 0 amide bonds. The number of rotatable bonds is 6. The van der Waals surface area contributed by atoms with Crippen molar-refractivity contribution in [2.24, 2.45) is 5.92 Å². The van der Waals surface area contributed by atoms with Crippen LogP contribution in [0, 0.1) is 5.92 Å². The Morgan fingerprint density at radius 2 is 1.48 bits per heavy atom. The van der Waals surface area contributed by atoms with Gasteiger partial charge in [-0.15, -0.1) is 0 Å². The van der Waals surface area contributed by atoms with Gasteiger partial charge in [0, 0.05) is 19.0 Å². The summed E-state index contributed by atoms with van der Waals surface area (Å²) in [6.07, 6.45) is 9.33. The molecule has 2 heterocycles. The fourth-order valence-corrected chi connectivity index (χ4v) is 4.78. The van der Waals surface area contributed by atoms with Crippen LogP contribution in [0.3, 0.4) is 0 Å². The van der Waals surface area contributed by atoms with E-state index >= 15 is 0 Å². The summed E-state index contributed by atoms with van der Waals surface area (Å²) >= 11 is 0. The first-order valence-corrected chi connectivity index (χ1v) is 10.7. The lowest BCUT2D eigenvalue weighted by atomic mass is 9.86. The smallest absolute Gasteiger partial charge is 0.302 e. The number of para-hydroxylation sites is 2. The van der Waals surface area contributed by atoms with Crippen molar-refractivity contribution in [2.75, 3.05) is 19.6 Å². The van der Waals surface area contributed by atoms with Crippen LogP contribution >= 0.6 is 0 Å². The Kier molecular flexibility index (Phi) is 5.77. The third-order valence-electron chi connectivity index (χ3n) is 6.39. The Bertz CT molecular complexity index is 839. The third-order valence-corrected chi connectivity index (χ3v) is 6.39. The van der Waals surface area contributed by atoms with E-state index in [4.69, 9.17) is 0 Å². The molecule has 0 atom stereocenters. The fraction of sp³-hybridized carbons (Fsp3) is 0.636. The Balaban J connectivity index is 1.56. The van der Waals surface area contributed by atoms with Crippen LogP contribution in [-0.2, 0) is 17.9 Å². The Labute approximate surface area is 161 Å². The molecule has 2 aliphatic rings. The molecule has 5 heteroatoms. The van der Waals surface area contributed by atoms with Crippen LogP contribution in [0.15, 0.2) is 29.1 Å². The van der Waals surface area contributed by atoms with E-state index in [1.807, 2.05) is 28.8 Å². The second-order valence-corrected chi connectivity index (χ2v) is 8.21. The molecule has 1 aromatic carbocycles. The average Bonchev–Trinajstić information content (AvgIpc) is 2.99. The van der Waals surface area contributed by atoms with Crippen molar-refractivity contribution in [2.45, 2.75) is 64.5 Å². The highest BCUT2D eigenvalue weighted by atomic mass is 16.2. The van der Waals surface area contributed by atoms with Crippen molar-refractivity contribution < 1.29 is 4.79 Å². The van der Waals surface area contributed by atoms with Gasteiger partial charge < -0.3 is 4.90 Å². The molecule has 0 radical (unpaired) electrons. The maximum Gasteiger partial charge on any atom is 0.329 e. The van der Waals surface area contributed by atoms with Crippen molar-refractivity contribution in [3.63, 3.8) is 0 Å². The van der Waals surface area contributed by atoms with Crippen LogP contribution in [-0.4, -0.2) is 39.5 Å². The number of hydrogen-bond acceptors (Lipinski definition) is 3. The summed E-state index contributed by atoms with van der Waals surface area (Å²) in [6, 6.07) is 7.92. The quantitative estimate of drug-likeness (QED) is 0.784. The van der Waals surface area contributed by atoms with Crippen LogP contribution in [0.25, 0.3) is 11.0 Å². The molecule has 4 rings (SSSR count). The van der Waals surface area contributed by atoms with Crippen LogP contribution < -0.4 is 5.69 Å². The lowest BCUT2D eigenvalue weighted by Crippen LogP contribution is -2.35. The van der Waals surface area contributed by atoms with Crippen LogP contribution in [0.1, 0.15) is 51.4 Å².